The Morgan fingerprint density at radius 1 is 1.30 bits per heavy atom. The fraction of sp³-hybridized carbons (Fsp3) is 0.500. The fourth-order valence-corrected chi connectivity index (χ4v) is 3.39. The van der Waals surface area contributed by atoms with Crippen molar-refractivity contribution in [1.82, 2.24) is 0 Å². The van der Waals surface area contributed by atoms with Gasteiger partial charge in [0.25, 0.3) is 0 Å². The van der Waals surface area contributed by atoms with E-state index in [1.807, 2.05) is 0 Å². The molecule has 0 unspecified atom stereocenters. The summed E-state index contributed by atoms with van der Waals surface area (Å²) in [4.78, 5) is 13.0. The Kier molecular flexibility index (Phi) is 4.81. The predicted octanol–water partition coefficient (Wildman–Crippen LogP) is 2.17. The molecular weight excluding hydrogens is 278 g/mol. The molecule has 0 saturated heterocycles. The number of para-hydroxylation sites is 1. The number of likely N-dealkylation sites (N-methyl/N-ethyl adjacent to an activating group) is 1. The number of aliphatic carboxylic acids is 1. The summed E-state index contributed by atoms with van der Waals surface area (Å²) in [7, 11) is -1.81. The van der Waals surface area contributed by atoms with E-state index in [1.54, 1.807) is 46.0 Å². The number of benzene rings is 1. The summed E-state index contributed by atoms with van der Waals surface area (Å²) in [6, 6.07) is 6.50. The van der Waals surface area contributed by atoms with Gasteiger partial charge in [0.15, 0.2) is 9.84 Å². The third kappa shape index (κ3) is 3.12. The van der Waals surface area contributed by atoms with Crippen LogP contribution in [0.1, 0.15) is 27.2 Å². The van der Waals surface area contributed by atoms with Crippen LogP contribution in [-0.4, -0.2) is 37.8 Å². The van der Waals surface area contributed by atoms with E-state index < -0.39 is 21.3 Å². The molecule has 1 rings (SSSR count). The van der Waals surface area contributed by atoms with Gasteiger partial charge in [-0.25, -0.2) is 13.2 Å². The molecule has 0 aliphatic heterocycles. The highest BCUT2D eigenvalue weighted by Crippen LogP contribution is 2.30. The number of carboxylic acid groups (broad SMARTS) is 1. The van der Waals surface area contributed by atoms with Crippen molar-refractivity contribution in [2.24, 2.45) is 0 Å². The Hall–Kier alpha value is -1.56. The zero-order valence-corrected chi connectivity index (χ0v) is 13.1. The quantitative estimate of drug-likeness (QED) is 0.871. The molecule has 0 heterocycles. The molecule has 0 radical (unpaired) electrons. The number of anilines is 1. The van der Waals surface area contributed by atoms with Gasteiger partial charge in [-0.1, -0.05) is 19.1 Å². The molecule has 20 heavy (non-hydrogen) atoms. The number of nitrogens with zero attached hydrogens (tertiary/aromatic N) is 1. The molecule has 0 fully saturated rings. The monoisotopic (exact) mass is 299 g/mol. The highest BCUT2D eigenvalue weighted by Gasteiger charge is 2.34. The lowest BCUT2D eigenvalue weighted by atomic mass is 10.0. The number of hydrogen-bond donors (Lipinski definition) is 1. The normalized spacial score (nSPS) is 12.2. The van der Waals surface area contributed by atoms with Crippen molar-refractivity contribution < 1.29 is 18.3 Å². The maximum absolute atomic E-state index is 12.3. The van der Waals surface area contributed by atoms with Crippen LogP contribution < -0.4 is 4.90 Å². The van der Waals surface area contributed by atoms with Crippen molar-refractivity contribution in [3.8, 4) is 0 Å². The van der Waals surface area contributed by atoms with E-state index in [4.69, 9.17) is 0 Å². The first kappa shape index (κ1) is 16.5. The van der Waals surface area contributed by atoms with Gasteiger partial charge < -0.3 is 10.0 Å². The minimum Gasteiger partial charge on any atom is -0.480 e. The van der Waals surface area contributed by atoms with Crippen LogP contribution in [0.4, 0.5) is 5.69 Å². The molecule has 1 aromatic carbocycles. The Bertz CT molecular complexity index is 593. The smallest absolute Gasteiger partial charge is 0.328 e. The molecule has 0 amide bonds. The van der Waals surface area contributed by atoms with Crippen LogP contribution in [0.15, 0.2) is 29.2 Å². The van der Waals surface area contributed by atoms with Gasteiger partial charge in [-0.05, 0) is 32.4 Å². The van der Waals surface area contributed by atoms with E-state index in [9.17, 15) is 18.3 Å². The van der Waals surface area contributed by atoms with E-state index in [-0.39, 0.29) is 10.6 Å². The van der Waals surface area contributed by atoms with E-state index >= 15 is 0 Å². The van der Waals surface area contributed by atoms with Crippen LogP contribution in [-0.2, 0) is 14.6 Å². The molecule has 0 bridgehead atoms. The Morgan fingerprint density at radius 2 is 1.85 bits per heavy atom. The molecule has 6 heteroatoms. The van der Waals surface area contributed by atoms with E-state index in [0.717, 1.165) is 0 Å². The molecule has 0 spiro atoms. The summed E-state index contributed by atoms with van der Waals surface area (Å²) in [5.74, 6) is -0.964. The first-order chi connectivity index (χ1) is 9.14. The van der Waals surface area contributed by atoms with E-state index in [0.29, 0.717) is 12.1 Å². The number of carbonyl (C=O) groups is 1. The molecule has 0 aromatic heterocycles. The molecule has 1 aromatic rings. The first-order valence-electron chi connectivity index (χ1n) is 6.43. The zero-order valence-electron chi connectivity index (χ0n) is 12.3. The van der Waals surface area contributed by atoms with Crippen LogP contribution in [0.2, 0.25) is 0 Å². The zero-order chi connectivity index (χ0) is 15.6. The van der Waals surface area contributed by atoms with Crippen molar-refractivity contribution in [3.63, 3.8) is 0 Å². The predicted molar refractivity (Wildman–Crippen MR) is 78.9 cm³/mol. The average Bonchev–Trinajstić information content (AvgIpc) is 2.37. The highest BCUT2D eigenvalue weighted by molar-refractivity contribution is 7.91. The third-order valence-electron chi connectivity index (χ3n) is 3.40. The third-order valence-corrected chi connectivity index (χ3v) is 5.36. The SMILES string of the molecule is CCCS(=O)(=O)c1ccccc1N(C)C(C)(C)C(=O)O. The number of hydrogen-bond acceptors (Lipinski definition) is 4. The van der Waals surface area contributed by atoms with E-state index in [1.165, 1.54) is 11.0 Å². The molecule has 0 aliphatic carbocycles. The second-order valence-electron chi connectivity index (χ2n) is 5.21. The number of rotatable bonds is 6. The van der Waals surface area contributed by atoms with Crippen LogP contribution in [0, 0.1) is 0 Å². The van der Waals surface area contributed by atoms with Gasteiger partial charge in [0.05, 0.1) is 16.3 Å². The van der Waals surface area contributed by atoms with Crippen LogP contribution in [0.3, 0.4) is 0 Å². The standard InChI is InChI=1S/C14H21NO4S/c1-5-10-20(18,19)12-9-7-6-8-11(12)15(4)14(2,3)13(16)17/h6-9H,5,10H2,1-4H3,(H,16,17). The minimum absolute atomic E-state index is 0.0470. The van der Waals surface area contributed by atoms with Gasteiger partial charge in [0.1, 0.15) is 5.54 Å². The van der Waals surface area contributed by atoms with Gasteiger partial charge in [0, 0.05) is 7.05 Å². The number of carboxylic acids is 1. The first-order valence-corrected chi connectivity index (χ1v) is 8.09. The number of sulfone groups is 1. The summed E-state index contributed by atoms with van der Waals surface area (Å²) in [5, 5.41) is 9.28. The topological polar surface area (TPSA) is 74.7 Å². The van der Waals surface area contributed by atoms with Gasteiger partial charge in [-0.2, -0.15) is 0 Å². The Balaban J connectivity index is 3.38. The Morgan fingerprint density at radius 3 is 2.35 bits per heavy atom. The molecule has 0 aliphatic rings. The van der Waals surface area contributed by atoms with Crippen molar-refractivity contribution in [1.29, 1.82) is 0 Å². The van der Waals surface area contributed by atoms with Crippen molar-refractivity contribution in [3.05, 3.63) is 24.3 Å². The highest BCUT2D eigenvalue weighted by atomic mass is 32.2. The maximum atomic E-state index is 12.3. The largest absolute Gasteiger partial charge is 0.480 e. The maximum Gasteiger partial charge on any atom is 0.328 e. The van der Waals surface area contributed by atoms with Crippen LogP contribution >= 0.6 is 0 Å². The lowest BCUT2D eigenvalue weighted by Gasteiger charge is -2.34. The fourth-order valence-electron chi connectivity index (χ4n) is 1.82. The van der Waals surface area contributed by atoms with Gasteiger partial charge in [0.2, 0.25) is 0 Å². The van der Waals surface area contributed by atoms with Gasteiger partial charge in [-0.15, -0.1) is 0 Å². The molecule has 0 saturated carbocycles. The summed E-state index contributed by atoms with van der Waals surface area (Å²) < 4.78 is 24.6. The second-order valence-corrected chi connectivity index (χ2v) is 7.29. The summed E-state index contributed by atoms with van der Waals surface area (Å²) in [6.07, 6.45) is 0.517. The van der Waals surface area contributed by atoms with Crippen LogP contribution in [0.25, 0.3) is 0 Å². The van der Waals surface area contributed by atoms with Crippen LogP contribution in [0.5, 0.6) is 0 Å². The van der Waals surface area contributed by atoms with Gasteiger partial charge in [-0.3, -0.25) is 0 Å². The summed E-state index contributed by atoms with van der Waals surface area (Å²) >= 11 is 0. The van der Waals surface area contributed by atoms with E-state index in [2.05, 4.69) is 0 Å². The lowest BCUT2D eigenvalue weighted by Crippen LogP contribution is -2.48. The van der Waals surface area contributed by atoms with Crippen molar-refractivity contribution >= 4 is 21.5 Å². The molecular formula is C14H21NO4S. The lowest BCUT2D eigenvalue weighted by molar-refractivity contribution is -0.142. The molecule has 0 atom stereocenters. The Labute approximate surface area is 120 Å². The second kappa shape index (κ2) is 5.83. The molecule has 112 valence electrons. The van der Waals surface area contributed by atoms with Gasteiger partial charge >= 0.3 is 5.97 Å². The minimum atomic E-state index is -3.41. The van der Waals surface area contributed by atoms with Crippen molar-refractivity contribution in [2.75, 3.05) is 17.7 Å². The molecule has 5 nitrogen and oxygen atoms in total. The average molecular weight is 299 g/mol. The summed E-state index contributed by atoms with van der Waals surface area (Å²) in [5.41, 5.74) is -0.786. The molecule has 1 N–H and O–H groups in total. The van der Waals surface area contributed by atoms with Crippen molar-refractivity contribution in [2.45, 2.75) is 37.6 Å². The summed E-state index contributed by atoms with van der Waals surface area (Å²) in [6.45, 7) is 4.88.